The molecule has 2 heterocycles. The van der Waals surface area contributed by atoms with Gasteiger partial charge in [0.1, 0.15) is 12.4 Å². The molecule has 0 saturated carbocycles. The Morgan fingerprint density at radius 3 is 2.41 bits per heavy atom. The summed E-state index contributed by atoms with van der Waals surface area (Å²) < 4.78 is 8.05. The lowest BCUT2D eigenvalue weighted by atomic mass is 9.98. The first kappa shape index (κ1) is 21.4. The Kier molecular flexibility index (Phi) is 6.39. The van der Waals surface area contributed by atoms with Gasteiger partial charge in [-0.05, 0) is 86.1 Å². The molecule has 1 aromatic heterocycles. The van der Waals surface area contributed by atoms with E-state index in [0.29, 0.717) is 12.2 Å². The standard InChI is InChI=1S/C27H24BrNO2S/c28-21-11-7-19(8-12-21)26(30)25-23-5-1-2-6-24(23)32-27(25)20-9-13-22(14-10-20)31-18-17-29-15-3-4-16-29/h1-2,5-14H,3-4,15-18H2. The minimum Gasteiger partial charge on any atom is -0.492 e. The molecular weight excluding hydrogens is 482 g/mol. The van der Waals surface area contributed by atoms with E-state index in [1.807, 2.05) is 54.6 Å². The van der Waals surface area contributed by atoms with Crippen molar-refractivity contribution in [2.75, 3.05) is 26.2 Å². The van der Waals surface area contributed by atoms with Crippen molar-refractivity contribution < 1.29 is 9.53 Å². The Morgan fingerprint density at radius 2 is 1.66 bits per heavy atom. The molecule has 3 nitrogen and oxygen atoms in total. The topological polar surface area (TPSA) is 29.5 Å². The third-order valence-electron chi connectivity index (χ3n) is 5.92. The van der Waals surface area contributed by atoms with Crippen LogP contribution in [0, 0.1) is 0 Å². The van der Waals surface area contributed by atoms with Gasteiger partial charge in [-0.3, -0.25) is 9.69 Å². The van der Waals surface area contributed by atoms with Gasteiger partial charge >= 0.3 is 0 Å². The van der Waals surface area contributed by atoms with Crippen molar-refractivity contribution in [3.63, 3.8) is 0 Å². The minimum atomic E-state index is 0.0517. The van der Waals surface area contributed by atoms with Crippen LogP contribution in [0.15, 0.2) is 77.3 Å². The molecule has 0 atom stereocenters. The summed E-state index contributed by atoms with van der Waals surface area (Å²) in [7, 11) is 0. The van der Waals surface area contributed by atoms with Crippen molar-refractivity contribution in [1.29, 1.82) is 0 Å². The molecule has 5 heteroatoms. The van der Waals surface area contributed by atoms with Gasteiger partial charge in [0, 0.05) is 37.1 Å². The third kappa shape index (κ3) is 4.51. The Labute approximate surface area is 200 Å². The van der Waals surface area contributed by atoms with Gasteiger partial charge in [0.25, 0.3) is 0 Å². The quantitative estimate of drug-likeness (QED) is 0.252. The molecule has 3 aromatic carbocycles. The van der Waals surface area contributed by atoms with Crippen LogP contribution in [-0.4, -0.2) is 36.9 Å². The van der Waals surface area contributed by atoms with Crippen molar-refractivity contribution in [2.45, 2.75) is 12.8 Å². The first-order chi connectivity index (χ1) is 15.7. The zero-order valence-corrected chi connectivity index (χ0v) is 20.1. The van der Waals surface area contributed by atoms with Crippen LogP contribution < -0.4 is 4.74 Å². The lowest BCUT2D eigenvalue weighted by Gasteiger charge is -2.15. The van der Waals surface area contributed by atoms with Gasteiger partial charge in [0.15, 0.2) is 5.78 Å². The molecule has 0 amide bonds. The van der Waals surface area contributed by atoms with Crippen LogP contribution in [0.3, 0.4) is 0 Å². The Hall–Kier alpha value is -2.47. The van der Waals surface area contributed by atoms with Gasteiger partial charge < -0.3 is 4.74 Å². The fraction of sp³-hybridized carbons (Fsp3) is 0.222. The summed E-state index contributed by atoms with van der Waals surface area (Å²) in [5.41, 5.74) is 2.51. The number of ketones is 1. The van der Waals surface area contributed by atoms with Crippen LogP contribution in [0.1, 0.15) is 28.8 Å². The van der Waals surface area contributed by atoms with Crippen molar-refractivity contribution >= 4 is 43.1 Å². The van der Waals surface area contributed by atoms with Crippen molar-refractivity contribution in [3.8, 4) is 16.2 Å². The Balaban J connectivity index is 1.42. The number of fused-ring (bicyclic) bond motifs is 1. The summed E-state index contributed by atoms with van der Waals surface area (Å²) in [5, 5.41) is 1.01. The number of carbonyl (C=O) groups is 1. The SMILES string of the molecule is O=C(c1ccc(Br)cc1)c1c(-c2ccc(OCCN3CCCC3)cc2)sc2ccccc12. The fourth-order valence-electron chi connectivity index (χ4n) is 4.22. The summed E-state index contributed by atoms with van der Waals surface area (Å²) in [5.74, 6) is 0.922. The Morgan fingerprint density at radius 1 is 0.938 bits per heavy atom. The van der Waals surface area contributed by atoms with E-state index in [2.05, 4.69) is 39.0 Å². The maximum Gasteiger partial charge on any atom is 0.195 e. The monoisotopic (exact) mass is 505 g/mol. The van der Waals surface area contributed by atoms with Crippen molar-refractivity contribution in [1.82, 2.24) is 4.90 Å². The lowest BCUT2D eigenvalue weighted by molar-refractivity contribution is 0.104. The summed E-state index contributed by atoms with van der Waals surface area (Å²) in [4.78, 5) is 17.0. The van der Waals surface area contributed by atoms with Crippen LogP contribution in [0.25, 0.3) is 20.5 Å². The summed E-state index contributed by atoms with van der Waals surface area (Å²) in [6.07, 6.45) is 2.59. The second-order valence-corrected chi connectivity index (χ2v) is 10.0. The highest BCUT2D eigenvalue weighted by Crippen LogP contribution is 2.40. The van der Waals surface area contributed by atoms with E-state index in [9.17, 15) is 4.79 Å². The van der Waals surface area contributed by atoms with E-state index in [4.69, 9.17) is 4.74 Å². The van der Waals surface area contributed by atoms with Gasteiger partial charge in [-0.25, -0.2) is 0 Å². The molecule has 0 unspecified atom stereocenters. The molecule has 1 aliphatic rings. The average Bonchev–Trinajstić information content (AvgIpc) is 3.47. The molecule has 1 aliphatic heterocycles. The molecule has 0 aliphatic carbocycles. The van der Waals surface area contributed by atoms with Crippen LogP contribution in [-0.2, 0) is 0 Å². The predicted molar refractivity (Wildman–Crippen MR) is 136 cm³/mol. The van der Waals surface area contributed by atoms with Crippen molar-refractivity contribution in [3.05, 3.63) is 88.4 Å². The van der Waals surface area contributed by atoms with Gasteiger partial charge in [0.05, 0.1) is 0 Å². The first-order valence-corrected chi connectivity index (χ1v) is 12.6. The average molecular weight is 506 g/mol. The highest BCUT2D eigenvalue weighted by molar-refractivity contribution is 9.10. The molecule has 32 heavy (non-hydrogen) atoms. The smallest absolute Gasteiger partial charge is 0.195 e. The zero-order valence-electron chi connectivity index (χ0n) is 17.7. The van der Waals surface area contributed by atoms with Crippen LogP contribution in [0.4, 0.5) is 0 Å². The van der Waals surface area contributed by atoms with E-state index in [0.717, 1.165) is 42.9 Å². The molecule has 0 spiro atoms. The molecule has 0 N–H and O–H groups in total. The maximum absolute atomic E-state index is 13.5. The summed E-state index contributed by atoms with van der Waals surface area (Å²) in [6.45, 7) is 4.05. The molecule has 4 aromatic rings. The summed E-state index contributed by atoms with van der Waals surface area (Å²) >= 11 is 5.12. The number of hydrogen-bond acceptors (Lipinski definition) is 4. The first-order valence-electron chi connectivity index (χ1n) is 11.0. The molecule has 1 saturated heterocycles. The number of rotatable bonds is 7. The molecular formula is C27H24BrNO2S. The maximum atomic E-state index is 13.5. The second-order valence-electron chi connectivity index (χ2n) is 8.06. The number of likely N-dealkylation sites (tertiary alicyclic amines) is 1. The summed E-state index contributed by atoms with van der Waals surface area (Å²) in [6, 6.07) is 23.9. The van der Waals surface area contributed by atoms with Crippen LogP contribution in [0.2, 0.25) is 0 Å². The molecule has 0 bridgehead atoms. The number of ether oxygens (including phenoxy) is 1. The Bertz CT molecular complexity index is 1220. The normalized spacial score (nSPS) is 14.2. The number of benzene rings is 3. The number of nitrogens with zero attached hydrogens (tertiary/aromatic N) is 1. The van der Waals surface area contributed by atoms with E-state index in [-0.39, 0.29) is 5.78 Å². The minimum absolute atomic E-state index is 0.0517. The van der Waals surface area contributed by atoms with E-state index in [1.54, 1.807) is 11.3 Å². The van der Waals surface area contributed by atoms with E-state index in [1.165, 1.54) is 25.9 Å². The van der Waals surface area contributed by atoms with Gasteiger partial charge in [0.2, 0.25) is 0 Å². The largest absolute Gasteiger partial charge is 0.492 e. The van der Waals surface area contributed by atoms with E-state index >= 15 is 0 Å². The van der Waals surface area contributed by atoms with Crippen molar-refractivity contribution in [2.24, 2.45) is 0 Å². The number of halogens is 1. The third-order valence-corrected chi connectivity index (χ3v) is 7.67. The molecule has 0 radical (unpaired) electrons. The van der Waals surface area contributed by atoms with Gasteiger partial charge in [-0.15, -0.1) is 11.3 Å². The zero-order chi connectivity index (χ0) is 21.9. The van der Waals surface area contributed by atoms with Crippen LogP contribution in [0.5, 0.6) is 5.75 Å². The van der Waals surface area contributed by atoms with E-state index < -0.39 is 0 Å². The number of thiophene rings is 1. The molecule has 162 valence electrons. The van der Waals surface area contributed by atoms with Crippen LogP contribution >= 0.6 is 27.3 Å². The second kappa shape index (κ2) is 9.57. The lowest BCUT2D eigenvalue weighted by Crippen LogP contribution is -2.25. The van der Waals surface area contributed by atoms with Gasteiger partial charge in [-0.1, -0.05) is 34.1 Å². The highest BCUT2D eigenvalue weighted by atomic mass is 79.9. The molecule has 1 fully saturated rings. The number of hydrogen-bond donors (Lipinski definition) is 0. The predicted octanol–water partition coefficient (Wildman–Crippen LogP) is 7.04. The van der Waals surface area contributed by atoms with Gasteiger partial charge in [-0.2, -0.15) is 0 Å². The molecule has 5 rings (SSSR count). The fourth-order valence-corrected chi connectivity index (χ4v) is 5.69. The highest BCUT2D eigenvalue weighted by Gasteiger charge is 2.21. The number of carbonyl (C=O) groups excluding carboxylic acids is 1.